The van der Waals surface area contributed by atoms with Gasteiger partial charge in [0, 0.05) is 96.0 Å². The number of likely N-dealkylation sites (N-methyl/N-ethyl adjacent to an activating group) is 3. The number of amidine groups is 1. The lowest BCUT2D eigenvalue weighted by Gasteiger charge is -2.38. The summed E-state index contributed by atoms with van der Waals surface area (Å²) in [5.41, 5.74) is 9.51. The Kier molecular flexibility index (Phi) is 11.2. The van der Waals surface area contributed by atoms with E-state index in [0.717, 1.165) is 87.1 Å². The summed E-state index contributed by atoms with van der Waals surface area (Å²) in [4.78, 5) is 21.7. The van der Waals surface area contributed by atoms with Crippen molar-refractivity contribution in [1.82, 2.24) is 29.5 Å². The fraction of sp³-hybridized carbons (Fsp3) is 0.500. The van der Waals surface area contributed by atoms with Gasteiger partial charge in [-0.2, -0.15) is 0 Å². The second-order valence-corrected chi connectivity index (χ2v) is 12.2. The summed E-state index contributed by atoms with van der Waals surface area (Å²) in [5.74, 6) is 1.09. The highest BCUT2D eigenvalue weighted by Crippen LogP contribution is 2.30. The first-order valence-corrected chi connectivity index (χ1v) is 16.0. The molecule has 1 fully saturated rings. The minimum absolute atomic E-state index is 0. The van der Waals surface area contributed by atoms with Crippen molar-refractivity contribution < 1.29 is 1.43 Å². The number of allylic oxidation sites excluding steroid dienone is 2. The third kappa shape index (κ3) is 8.15. The zero-order valence-electron chi connectivity index (χ0n) is 27.9. The second kappa shape index (κ2) is 14.8. The van der Waals surface area contributed by atoms with Crippen LogP contribution in [-0.4, -0.2) is 109 Å². The predicted octanol–water partition coefficient (Wildman–Crippen LogP) is 6.07. The number of fused-ring (bicyclic) bond motifs is 1. The zero-order valence-corrected chi connectivity index (χ0v) is 27.9. The van der Waals surface area contributed by atoms with Crippen molar-refractivity contribution in [2.45, 2.75) is 53.1 Å². The molecule has 234 valence electrons. The molecular weight excluding hydrogens is 530 g/mol. The third-order valence-corrected chi connectivity index (χ3v) is 8.73. The lowest BCUT2D eigenvalue weighted by atomic mass is 9.91. The van der Waals surface area contributed by atoms with Crippen LogP contribution < -0.4 is 0 Å². The summed E-state index contributed by atoms with van der Waals surface area (Å²) in [6.45, 7) is 19.9. The number of nitrogens with zero attached hydrogens (tertiary/aromatic N) is 7. The van der Waals surface area contributed by atoms with Gasteiger partial charge in [-0.25, -0.2) is 4.99 Å². The molecule has 2 aromatic rings. The number of benzene rings is 1. The molecule has 0 saturated carbocycles. The van der Waals surface area contributed by atoms with Gasteiger partial charge >= 0.3 is 0 Å². The van der Waals surface area contributed by atoms with Crippen molar-refractivity contribution in [3.8, 4) is 11.1 Å². The number of aromatic nitrogens is 1. The topological polar surface area (TPSA) is 41.5 Å². The van der Waals surface area contributed by atoms with Gasteiger partial charge in [-0.3, -0.25) is 4.98 Å². The molecule has 0 N–H and O–H groups in total. The van der Waals surface area contributed by atoms with Crippen LogP contribution in [0.25, 0.3) is 16.8 Å². The van der Waals surface area contributed by atoms with Crippen molar-refractivity contribution >= 4 is 11.5 Å². The van der Waals surface area contributed by atoms with Gasteiger partial charge < -0.3 is 24.5 Å². The van der Waals surface area contributed by atoms with Crippen molar-refractivity contribution in [2.75, 3.05) is 67.5 Å². The smallest absolute Gasteiger partial charge is 0.131 e. The van der Waals surface area contributed by atoms with Crippen LogP contribution in [0.3, 0.4) is 0 Å². The normalized spacial score (nSPS) is 19.0. The average Bonchev–Trinajstić information content (AvgIpc) is 3.21. The Labute approximate surface area is 262 Å². The van der Waals surface area contributed by atoms with E-state index in [4.69, 9.17) is 9.98 Å². The molecular formula is C36H55N7. The van der Waals surface area contributed by atoms with Gasteiger partial charge in [-0.05, 0) is 70.2 Å². The van der Waals surface area contributed by atoms with Crippen molar-refractivity contribution in [2.24, 2.45) is 4.99 Å². The number of piperazine rings is 1. The van der Waals surface area contributed by atoms with E-state index in [2.05, 4.69) is 116 Å². The van der Waals surface area contributed by atoms with Gasteiger partial charge in [0.05, 0.1) is 11.4 Å². The largest absolute Gasteiger partial charge is 0.372 e. The molecule has 0 bridgehead atoms. The molecule has 4 heterocycles. The van der Waals surface area contributed by atoms with Crippen LogP contribution in [0.4, 0.5) is 0 Å². The molecule has 0 amide bonds. The van der Waals surface area contributed by atoms with Gasteiger partial charge in [0.15, 0.2) is 0 Å². The van der Waals surface area contributed by atoms with E-state index >= 15 is 0 Å². The lowest BCUT2D eigenvalue weighted by Crippen LogP contribution is -2.45. The van der Waals surface area contributed by atoms with E-state index in [9.17, 15) is 0 Å². The molecule has 0 aliphatic carbocycles. The molecule has 5 rings (SSSR count). The lowest BCUT2D eigenvalue weighted by molar-refractivity contribution is 0.184. The van der Waals surface area contributed by atoms with E-state index in [1.807, 2.05) is 20.0 Å². The Balaban J connectivity index is 0.00000173. The number of pyridine rings is 1. The molecule has 1 aromatic heterocycles. The second-order valence-electron chi connectivity index (χ2n) is 12.2. The summed E-state index contributed by atoms with van der Waals surface area (Å²) in [5, 5.41) is 0. The predicted molar refractivity (Wildman–Crippen MR) is 185 cm³/mol. The fourth-order valence-corrected chi connectivity index (χ4v) is 5.82. The monoisotopic (exact) mass is 585 g/mol. The molecule has 1 saturated heterocycles. The van der Waals surface area contributed by atoms with Crippen LogP contribution in [0.5, 0.6) is 0 Å². The number of rotatable bonds is 7. The van der Waals surface area contributed by atoms with Gasteiger partial charge in [-0.1, -0.05) is 44.7 Å². The quantitative estimate of drug-likeness (QED) is 0.393. The Morgan fingerprint density at radius 1 is 1.00 bits per heavy atom. The molecule has 3 aliphatic rings. The summed E-state index contributed by atoms with van der Waals surface area (Å²) in [6, 6.07) is 11.6. The van der Waals surface area contributed by atoms with Crippen LogP contribution in [0, 0.1) is 0 Å². The summed E-state index contributed by atoms with van der Waals surface area (Å²) < 4.78 is 0. The standard InChI is InChI=1S/C34H47N7.C2H6.H2/c1-25-8-12-32(40-18-15-38(6)16-19-40)22-34(36-25)41-24-31-21-29(10-9-28(31)20-26(41)2)30-11-13-33(35-23-30)27(3)39(7)17-14-37(4)5;1-2;/h8-11,13,21-23,26H,3,12,14-20,24H2,1-2,4-7H3;1-2H3;1H. The van der Waals surface area contributed by atoms with E-state index in [1.165, 1.54) is 22.4 Å². The molecule has 0 spiro atoms. The fourth-order valence-electron chi connectivity index (χ4n) is 5.82. The van der Waals surface area contributed by atoms with E-state index in [1.54, 1.807) is 0 Å². The highest BCUT2D eigenvalue weighted by atomic mass is 15.3. The van der Waals surface area contributed by atoms with E-state index in [0.29, 0.717) is 6.04 Å². The van der Waals surface area contributed by atoms with Crippen molar-refractivity contribution in [3.05, 3.63) is 83.5 Å². The van der Waals surface area contributed by atoms with Gasteiger partial charge in [0.2, 0.25) is 0 Å². The molecule has 7 nitrogen and oxygen atoms in total. The molecule has 0 radical (unpaired) electrons. The van der Waals surface area contributed by atoms with Crippen molar-refractivity contribution in [3.63, 3.8) is 0 Å². The van der Waals surface area contributed by atoms with Gasteiger partial charge in [0.1, 0.15) is 5.84 Å². The zero-order chi connectivity index (χ0) is 31.1. The first kappa shape index (κ1) is 32.5. The van der Waals surface area contributed by atoms with Crippen LogP contribution in [0.15, 0.2) is 71.6 Å². The molecule has 1 unspecified atom stereocenters. The third-order valence-electron chi connectivity index (χ3n) is 8.73. The SMILES string of the molecule is C=C(c1ccc(-c2ccc3c(c2)CN(C2=NC(C)=CCC(N4CCN(C)CC4)=C2)C(C)C3)cn1)N(C)CCN(C)C.CC.[HH]. The highest BCUT2D eigenvalue weighted by molar-refractivity contribution is 5.95. The molecule has 1 atom stereocenters. The van der Waals surface area contributed by atoms with Gasteiger partial charge in [0.25, 0.3) is 0 Å². The summed E-state index contributed by atoms with van der Waals surface area (Å²) in [6.07, 6.45) is 8.59. The molecule has 7 heteroatoms. The number of aliphatic imine (C=N–C) groups is 1. The maximum absolute atomic E-state index is 5.09. The van der Waals surface area contributed by atoms with Crippen LogP contribution in [0.2, 0.25) is 0 Å². The summed E-state index contributed by atoms with van der Waals surface area (Å²) in [7, 11) is 8.47. The number of hydrogen-bond donors (Lipinski definition) is 0. The van der Waals surface area contributed by atoms with E-state index in [-0.39, 0.29) is 1.43 Å². The summed E-state index contributed by atoms with van der Waals surface area (Å²) >= 11 is 0. The Morgan fingerprint density at radius 3 is 2.40 bits per heavy atom. The highest BCUT2D eigenvalue weighted by Gasteiger charge is 2.27. The molecule has 1 aromatic carbocycles. The minimum atomic E-state index is 0. The van der Waals surface area contributed by atoms with Gasteiger partial charge in [-0.15, -0.1) is 0 Å². The Hall–Kier alpha value is -3.42. The molecule has 3 aliphatic heterocycles. The van der Waals surface area contributed by atoms with Crippen LogP contribution >= 0.6 is 0 Å². The molecule has 43 heavy (non-hydrogen) atoms. The Morgan fingerprint density at radius 2 is 1.72 bits per heavy atom. The number of hydrogen-bond acceptors (Lipinski definition) is 7. The average molecular weight is 586 g/mol. The minimum Gasteiger partial charge on any atom is -0.372 e. The van der Waals surface area contributed by atoms with Crippen LogP contribution in [0.1, 0.15) is 52.4 Å². The first-order valence-electron chi connectivity index (χ1n) is 16.0. The maximum atomic E-state index is 5.09. The van der Waals surface area contributed by atoms with Crippen molar-refractivity contribution in [1.29, 1.82) is 0 Å². The van der Waals surface area contributed by atoms with Crippen LogP contribution in [-0.2, 0) is 13.0 Å². The van der Waals surface area contributed by atoms with E-state index < -0.39 is 0 Å². The first-order chi connectivity index (χ1) is 20.7. The Bertz CT molecular complexity index is 1340. The maximum Gasteiger partial charge on any atom is 0.131 e.